The summed E-state index contributed by atoms with van der Waals surface area (Å²) in [6.45, 7) is 2.46. The average molecular weight is 284 g/mol. The minimum Gasteiger partial charge on any atom is -0.330 e. The van der Waals surface area contributed by atoms with Gasteiger partial charge in [0.1, 0.15) is 0 Å². The van der Waals surface area contributed by atoms with Crippen LogP contribution >= 0.6 is 0 Å². The molecule has 0 amide bonds. The van der Waals surface area contributed by atoms with E-state index in [0.29, 0.717) is 5.56 Å². The zero-order valence-electron chi connectivity index (χ0n) is 9.55. The van der Waals surface area contributed by atoms with Crippen molar-refractivity contribution in [3.05, 3.63) is 42.0 Å². The highest BCUT2D eigenvalue weighted by Crippen LogP contribution is 2.40. The molecule has 1 rings (SSSR count). The van der Waals surface area contributed by atoms with E-state index in [1.165, 1.54) is 24.3 Å². The van der Waals surface area contributed by atoms with Crippen molar-refractivity contribution in [2.75, 3.05) is 0 Å². The van der Waals surface area contributed by atoms with Gasteiger partial charge in [-0.3, -0.25) is 0 Å². The number of hydrogen-bond donors (Lipinski definition) is 0. The maximum absolute atomic E-state index is 13.2. The van der Waals surface area contributed by atoms with Crippen LogP contribution in [0, 0.1) is 0 Å². The van der Waals surface area contributed by atoms with Gasteiger partial charge in [-0.15, -0.1) is 0 Å². The lowest BCUT2D eigenvalue weighted by molar-refractivity contribution is -0.372. The van der Waals surface area contributed by atoms with E-state index in [1.807, 2.05) is 0 Å². The fraction of sp³-hybridized carbons (Fsp3) is 0.333. The van der Waals surface area contributed by atoms with Gasteiger partial charge in [0.15, 0.2) is 0 Å². The summed E-state index contributed by atoms with van der Waals surface area (Å²) in [4.78, 5) is 0. The molecule has 0 N–H and O–H groups in total. The third kappa shape index (κ3) is 3.28. The van der Waals surface area contributed by atoms with Gasteiger partial charge in [-0.05, 0) is 11.1 Å². The maximum Gasteiger partial charge on any atom is 0.454 e. The van der Waals surface area contributed by atoms with Crippen LogP contribution in [0.15, 0.2) is 30.8 Å². The van der Waals surface area contributed by atoms with Crippen molar-refractivity contribution in [2.24, 2.45) is 0 Å². The van der Waals surface area contributed by atoms with Gasteiger partial charge in [-0.1, -0.05) is 36.9 Å². The van der Waals surface area contributed by atoms with Crippen LogP contribution in [-0.4, -0.2) is 18.5 Å². The standard InChI is InChI=1S/C12H10F6O/c1-2-8-5-3-4-6-9(8)7-19-11(15,10(13)14)12(16,17)18/h2-6,10H,1,7H2. The van der Waals surface area contributed by atoms with Crippen LogP contribution in [0.2, 0.25) is 0 Å². The molecule has 0 bridgehead atoms. The predicted octanol–water partition coefficient (Wildman–Crippen LogP) is 4.34. The molecule has 0 aliphatic carbocycles. The maximum atomic E-state index is 13.2. The zero-order valence-corrected chi connectivity index (χ0v) is 9.55. The molecule has 19 heavy (non-hydrogen) atoms. The average Bonchev–Trinajstić information content (AvgIpc) is 2.34. The minimum atomic E-state index is -5.82. The first-order chi connectivity index (χ1) is 8.72. The minimum absolute atomic E-state index is 0.129. The van der Waals surface area contributed by atoms with E-state index in [1.54, 1.807) is 6.07 Å². The summed E-state index contributed by atoms with van der Waals surface area (Å²) in [6.07, 6.45) is -8.85. The second-order valence-corrected chi connectivity index (χ2v) is 3.64. The topological polar surface area (TPSA) is 9.23 Å². The van der Waals surface area contributed by atoms with E-state index in [2.05, 4.69) is 11.3 Å². The van der Waals surface area contributed by atoms with Crippen LogP contribution in [0.5, 0.6) is 0 Å². The summed E-state index contributed by atoms with van der Waals surface area (Å²) >= 11 is 0. The van der Waals surface area contributed by atoms with Gasteiger partial charge in [0, 0.05) is 0 Å². The molecule has 106 valence electrons. The number of alkyl halides is 6. The number of ether oxygens (including phenoxy) is 1. The summed E-state index contributed by atoms with van der Waals surface area (Å²) in [6, 6.07) is 5.85. The van der Waals surface area contributed by atoms with Crippen LogP contribution < -0.4 is 0 Å². The number of benzene rings is 1. The molecule has 0 radical (unpaired) electrons. The predicted molar refractivity (Wildman–Crippen MR) is 57.2 cm³/mol. The highest BCUT2D eigenvalue weighted by molar-refractivity contribution is 5.51. The van der Waals surface area contributed by atoms with Gasteiger partial charge in [-0.2, -0.15) is 17.6 Å². The number of rotatable bonds is 5. The Bertz CT molecular complexity index is 442. The van der Waals surface area contributed by atoms with Gasteiger partial charge in [0.2, 0.25) is 0 Å². The summed E-state index contributed by atoms with van der Waals surface area (Å²) in [7, 11) is 0. The van der Waals surface area contributed by atoms with Crippen molar-refractivity contribution in [3.63, 3.8) is 0 Å². The Morgan fingerprint density at radius 3 is 2.21 bits per heavy atom. The fourth-order valence-electron chi connectivity index (χ4n) is 1.32. The SMILES string of the molecule is C=Cc1ccccc1COC(F)(C(F)F)C(F)(F)F. The Hall–Kier alpha value is -1.50. The number of hydrogen-bond acceptors (Lipinski definition) is 1. The Balaban J connectivity index is 2.92. The molecule has 1 unspecified atom stereocenters. The van der Waals surface area contributed by atoms with Crippen molar-refractivity contribution < 1.29 is 31.1 Å². The largest absolute Gasteiger partial charge is 0.454 e. The molecule has 0 fully saturated rings. The van der Waals surface area contributed by atoms with Gasteiger partial charge < -0.3 is 4.74 Å². The van der Waals surface area contributed by atoms with Crippen LogP contribution in [0.3, 0.4) is 0 Å². The van der Waals surface area contributed by atoms with Gasteiger partial charge in [0.05, 0.1) is 6.61 Å². The first kappa shape index (κ1) is 15.6. The molecular formula is C12H10F6O. The van der Waals surface area contributed by atoms with E-state index in [4.69, 9.17) is 0 Å². The van der Waals surface area contributed by atoms with Crippen molar-refractivity contribution in [3.8, 4) is 0 Å². The highest BCUT2D eigenvalue weighted by Gasteiger charge is 2.64. The number of halogens is 6. The van der Waals surface area contributed by atoms with Crippen molar-refractivity contribution >= 4 is 6.08 Å². The molecule has 1 nitrogen and oxygen atoms in total. The molecule has 1 aromatic rings. The lowest BCUT2D eigenvalue weighted by atomic mass is 10.1. The first-order valence-corrected chi connectivity index (χ1v) is 5.10. The van der Waals surface area contributed by atoms with Crippen LogP contribution in [0.25, 0.3) is 6.08 Å². The van der Waals surface area contributed by atoms with Crippen molar-refractivity contribution in [1.82, 2.24) is 0 Å². The molecule has 0 heterocycles. The Morgan fingerprint density at radius 2 is 1.74 bits per heavy atom. The molecule has 0 spiro atoms. The third-order valence-corrected chi connectivity index (χ3v) is 2.38. The van der Waals surface area contributed by atoms with Crippen molar-refractivity contribution in [2.45, 2.75) is 25.1 Å². The zero-order chi connectivity index (χ0) is 14.7. The molecule has 0 aliphatic heterocycles. The molecule has 1 aromatic carbocycles. The van der Waals surface area contributed by atoms with Crippen LogP contribution in [0.1, 0.15) is 11.1 Å². The van der Waals surface area contributed by atoms with Gasteiger partial charge >= 0.3 is 18.5 Å². The summed E-state index contributed by atoms with van der Waals surface area (Å²) in [5, 5.41) is 0. The summed E-state index contributed by atoms with van der Waals surface area (Å²) in [5.74, 6) is -4.98. The van der Waals surface area contributed by atoms with E-state index in [-0.39, 0.29) is 5.56 Å². The molecular weight excluding hydrogens is 274 g/mol. The second kappa shape index (κ2) is 5.64. The van der Waals surface area contributed by atoms with E-state index >= 15 is 0 Å². The molecule has 1 atom stereocenters. The Kier molecular flexibility index (Phi) is 4.62. The molecule has 0 saturated heterocycles. The highest BCUT2D eigenvalue weighted by atomic mass is 19.4. The third-order valence-electron chi connectivity index (χ3n) is 2.38. The van der Waals surface area contributed by atoms with Gasteiger partial charge in [-0.25, -0.2) is 8.78 Å². The monoisotopic (exact) mass is 284 g/mol. The van der Waals surface area contributed by atoms with Crippen LogP contribution in [0.4, 0.5) is 26.3 Å². The van der Waals surface area contributed by atoms with Crippen LogP contribution in [-0.2, 0) is 11.3 Å². The van der Waals surface area contributed by atoms with E-state index in [0.717, 1.165) is 0 Å². The Labute approximate surface area is 105 Å². The molecule has 7 heteroatoms. The van der Waals surface area contributed by atoms with E-state index in [9.17, 15) is 26.3 Å². The normalized spacial score (nSPS) is 15.3. The van der Waals surface area contributed by atoms with E-state index < -0.39 is 25.1 Å². The molecule has 0 aliphatic rings. The lowest BCUT2D eigenvalue weighted by Crippen LogP contribution is -2.49. The Morgan fingerprint density at radius 1 is 1.16 bits per heavy atom. The van der Waals surface area contributed by atoms with Crippen molar-refractivity contribution in [1.29, 1.82) is 0 Å². The summed E-state index contributed by atoms with van der Waals surface area (Å²) in [5.41, 5.74) is 0.505. The lowest BCUT2D eigenvalue weighted by Gasteiger charge is -2.27. The quantitative estimate of drug-likeness (QED) is 0.731. The molecule has 0 saturated carbocycles. The molecule has 0 aromatic heterocycles. The van der Waals surface area contributed by atoms with Gasteiger partial charge in [0.25, 0.3) is 0 Å². The summed E-state index contributed by atoms with van der Waals surface area (Å²) < 4.78 is 78.2. The first-order valence-electron chi connectivity index (χ1n) is 5.10. The fourth-order valence-corrected chi connectivity index (χ4v) is 1.32. The smallest absolute Gasteiger partial charge is 0.330 e. The second-order valence-electron chi connectivity index (χ2n) is 3.64.